The highest BCUT2D eigenvalue weighted by Gasteiger charge is 2.57. The van der Waals surface area contributed by atoms with E-state index in [0.29, 0.717) is 28.0 Å². The fourth-order valence-electron chi connectivity index (χ4n) is 3.99. The third kappa shape index (κ3) is 4.08. The number of hydrogen-bond donors (Lipinski definition) is 1. The molecule has 0 aromatic heterocycles. The molecule has 0 saturated heterocycles. The van der Waals surface area contributed by atoms with Gasteiger partial charge < -0.3 is 9.84 Å². The largest absolute Gasteiger partial charge is 0.493 e. The van der Waals surface area contributed by atoms with Crippen molar-refractivity contribution in [2.75, 3.05) is 6.61 Å². The van der Waals surface area contributed by atoms with Gasteiger partial charge in [-0.05, 0) is 61.2 Å². The molecular formula is C22H21F4NO2. The first-order valence-corrected chi connectivity index (χ1v) is 9.19. The van der Waals surface area contributed by atoms with Gasteiger partial charge in [0.2, 0.25) is 0 Å². The van der Waals surface area contributed by atoms with Crippen LogP contribution >= 0.6 is 0 Å². The average Bonchev–Trinajstić information content (AvgIpc) is 2.63. The van der Waals surface area contributed by atoms with Crippen LogP contribution in [0.25, 0.3) is 0 Å². The van der Waals surface area contributed by atoms with Crippen molar-refractivity contribution in [3.05, 3.63) is 64.5 Å². The topological polar surface area (TPSA) is 53.2 Å². The van der Waals surface area contributed by atoms with Crippen LogP contribution in [0.5, 0.6) is 5.75 Å². The van der Waals surface area contributed by atoms with Crippen LogP contribution in [0.4, 0.5) is 17.6 Å². The number of ether oxygens (including phenoxy) is 1. The Morgan fingerprint density at radius 1 is 1.21 bits per heavy atom. The molecular weight excluding hydrogens is 386 g/mol. The molecule has 0 bridgehead atoms. The summed E-state index contributed by atoms with van der Waals surface area (Å²) in [5, 5.41) is 19.8. The Balaban J connectivity index is 2.01. The van der Waals surface area contributed by atoms with Gasteiger partial charge in [-0.1, -0.05) is 13.0 Å². The molecule has 7 heteroatoms. The van der Waals surface area contributed by atoms with Crippen LogP contribution in [0.2, 0.25) is 0 Å². The van der Waals surface area contributed by atoms with Crippen molar-refractivity contribution in [3.63, 3.8) is 0 Å². The first-order chi connectivity index (χ1) is 13.5. The van der Waals surface area contributed by atoms with Crippen LogP contribution in [0.3, 0.4) is 0 Å². The van der Waals surface area contributed by atoms with Gasteiger partial charge in [-0.15, -0.1) is 0 Å². The van der Waals surface area contributed by atoms with Crippen molar-refractivity contribution in [2.45, 2.75) is 50.3 Å². The molecule has 3 rings (SSSR count). The number of hydrogen-bond acceptors (Lipinski definition) is 3. The summed E-state index contributed by atoms with van der Waals surface area (Å²) in [6.07, 6.45) is -5.98. The number of nitrogens with zero attached hydrogens (tertiary/aromatic N) is 1. The fourth-order valence-corrected chi connectivity index (χ4v) is 3.99. The molecule has 154 valence electrons. The zero-order valence-electron chi connectivity index (χ0n) is 16.1. The van der Waals surface area contributed by atoms with Crippen LogP contribution in [-0.2, 0) is 11.8 Å². The van der Waals surface area contributed by atoms with Crippen molar-refractivity contribution in [3.8, 4) is 11.8 Å². The summed E-state index contributed by atoms with van der Waals surface area (Å²) in [6, 6.07) is 10.1. The van der Waals surface area contributed by atoms with E-state index in [0.717, 1.165) is 0 Å². The Kier molecular flexibility index (Phi) is 5.35. The van der Waals surface area contributed by atoms with E-state index in [-0.39, 0.29) is 13.0 Å². The van der Waals surface area contributed by atoms with Gasteiger partial charge in [-0.25, -0.2) is 4.39 Å². The lowest BCUT2D eigenvalue weighted by molar-refractivity contribution is -0.267. The smallest absolute Gasteiger partial charge is 0.417 e. The highest BCUT2D eigenvalue weighted by molar-refractivity contribution is 5.42. The normalized spacial score (nSPS) is 20.9. The van der Waals surface area contributed by atoms with E-state index < -0.39 is 35.9 Å². The molecule has 2 unspecified atom stereocenters. The SMILES string of the molecule is Cc1cc(C#N)ccc1CC(O)(CC1(C)CCOc2ccc(F)cc21)C(F)(F)F. The quantitative estimate of drug-likeness (QED) is 0.728. The summed E-state index contributed by atoms with van der Waals surface area (Å²) in [6.45, 7) is 3.38. The first-order valence-electron chi connectivity index (χ1n) is 9.19. The van der Waals surface area contributed by atoms with Crippen LogP contribution in [0.1, 0.15) is 42.0 Å². The maximum atomic E-state index is 14.0. The number of halogens is 4. The summed E-state index contributed by atoms with van der Waals surface area (Å²) in [5.74, 6) is -0.238. The van der Waals surface area contributed by atoms with Crippen LogP contribution in [0.15, 0.2) is 36.4 Å². The second-order valence-corrected chi connectivity index (χ2v) is 7.94. The minimum absolute atomic E-state index is 0.180. The molecule has 1 aliphatic rings. The van der Waals surface area contributed by atoms with E-state index in [1.807, 2.05) is 6.07 Å². The number of rotatable bonds is 4. The average molecular weight is 407 g/mol. The third-order valence-electron chi connectivity index (χ3n) is 5.67. The zero-order valence-corrected chi connectivity index (χ0v) is 16.1. The van der Waals surface area contributed by atoms with Crippen molar-refractivity contribution in [1.82, 2.24) is 0 Å². The van der Waals surface area contributed by atoms with Gasteiger partial charge in [0, 0.05) is 17.4 Å². The van der Waals surface area contributed by atoms with Gasteiger partial charge >= 0.3 is 6.18 Å². The maximum absolute atomic E-state index is 14.0. The monoisotopic (exact) mass is 407 g/mol. The Labute approximate surface area is 166 Å². The molecule has 0 radical (unpaired) electrons. The Morgan fingerprint density at radius 3 is 2.55 bits per heavy atom. The molecule has 1 N–H and O–H groups in total. The highest BCUT2D eigenvalue weighted by atomic mass is 19.4. The molecule has 0 fully saturated rings. The fraction of sp³-hybridized carbons (Fsp3) is 0.409. The molecule has 2 aromatic carbocycles. The summed E-state index contributed by atoms with van der Waals surface area (Å²) in [7, 11) is 0. The first kappa shape index (κ1) is 21.1. The lowest BCUT2D eigenvalue weighted by Gasteiger charge is -2.42. The molecule has 1 heterocycles. The van der Waals surface area contributed by atoms with Crippen molar-refractivity contribution in [1.29, 1.82) is 5.26 Å². The predicted octanol–water partition coefficient (Wildman–Crippen LogP) is 4.97. The molecule has 0 amide bonds. The summed E-state index contributed by atoms with van der Waals surface area (Å²) < 4.78 is 61.4. The van der Waals surface area contributed by atoms with Gasteiger partial charge in [0.15, 0.2) is 5.60 Å². The van der Waals surface area contributed by atoms with Gasteiger partial charge in [0.25, 0.3) is 0 Å². The molecule has 0 saturated carbocycles. The Bertz CT molecular complexity index is 966. The molecule has 2 aromatic rings. The molecule has 3 nitrogen and oxygen atoms in total. The standard InChI is InChI=1S/C22H21F4NO2/c1-14-9-15(12-27)3-4-16(14)11-21(28,22(24,25)26)13-20(2)7-8-29-19-6-5-17(23)10-18(19)20/h3-6,9-10,28H,7-8,11,13H2,1-2H3. The Morgan fingerprint density at radius 2 is 1.93 bits per heavy atom. The van der Waals surface area contributed by atoms with E-state index >= 15 is 0 Å². The lowest BCUT2D eigenvalue weighted by atomic mass is 9.68. The number of aryl methyl sites for hydroxylation is 1. The van der Waals surface area contributed by atoms with Gasteiger partial charge in [0.1, 0.15) is 11.6 Å². The summed E-state index contributed by atoms with van der Waals surface area (Å²) in [4.78, 5) is 0. The van der Waals surface area contributed by atoms with Crippen molar-refractivity contribution >= 4 is 0 Å². The number of fused-ring (bicyclic) bond motifs is 1. The van der Waals surface area contributed by atoms with E-state index in [2.05, 4.69) is 0 Å². The van der Waals surface area contributed by atoms with Crippen LogP contribution in [-0.4, -0.2) is 23.5 Å². The lowest BCUT2D eigenvalue weighted by Crippen LogP contribution is -2.52. The second-order valence-electron chi connectivity index (χ2n) is 7.94. The van der Waals surface area contributed by atoms with Crippen molar-refractivity contribution < 1.29 is 27.4 Å². The molecule has 2 atom stereocenters. The van der Waals surface area contributed by atoms with E-state index in [1.54, 1.807) is 13.8 Å². The second kappa shape index (κ2) is 7.34. The van der Waals surface area contributed by atoms with Gasteiger partial charge in [-0.2, -0.15) is 18.4 Å². The number of alkyl halides is 3. The van der Waals surface area contributed by atoms with Gasteiger partial charge in [0.05, 0.1) is 18.2 Å². The Hall–Kier alpha value is -2.59. The minimum atomic E-state index is -4.90. The highest BCUT2D eigenvalue weighted by Crippen LogP contribution is 2.48. The number of aliphatic hydroxyl groups is 1. The number of benzene rings is 2. The zero-order chi connectivity index (χ0) is 21.4. The minimum Gasteiger partial charge on any atom is -0.493 e. The number of nitriles is 1. The third-order valence-corrected chi connectivity index (χ3v) is 5.67. The summed E-state index contributed by atoms with van der Waals surface area (Å²) >= 11 is 0. The van der Waals surface area contributed by atoms with Crippen molar-refractivity contribution in [2.24, 2.45) is 0 Å². The predicted molar refractivity (Wildman–Crippen MR) is 99.1 cm³/mol. The maximum Gasteiger partial charge on any atom is 0.417 e. The molecule has 1 aliphatic heterocycles. The van der Waals surface area contributed by atoms with E-state index in [1.165, 1.54) is 36.4 Å². The molecule has 0 aliphatic carbocycles. The molecule has 0 spiro atoms. The summed E-state index contributed by atoms with van der Waals surface area (Å²) in [5.41, 5.74) is -2.69. The van der Waals surface area contributed by atoms with Crippen LogP contribution < -0.4 is 4.74 Å². The van der Waals surface area contributed by atoms with Crippen LogP contribution in [0, 0.1) is 24.1 Å². The molecule has 29 heavy (non-hydrogen) atoms. The van der Waals surface area contributed by atoms with E-state index in [9.17, 15) is 22.7 Å². The van der Waals surface area contributed by atoms with Gasteiger partial charge in [-0.3, -0.25) is 0 Å². The van der Waals surface area contributed by atoms with E-state index in [4.69, 9.17) is 10.00 Å².